The first kappa shape index (κ1) is 20.6. The molecule has 8 heteroatoms. The van der Waals surface area contributed by atoms with E-state index in [1.54, 1.807) is 24.3 Å². The third-order valence-electron chi connectivity index (χ3n) is 4.96. The van der Waals surface area contributed by atoms with E-state index in [1.165, 1.54) is 24.3 Å². The van der Waals surface area contributed by atoms with E-state index in [9.17, 15) is 12.8 Å². The van der Waals surface area contributed by atoms with Crippen molar-refractivity contribution in [1.82, 2.24) is 4.98 Å². The minimum absolute atomic E-state index is 0.0944. The number of rotatable bonds is 4. The van der Waals surface area contributed by atoms with Crippen LogP contribution < -0.4 is 4.90 Å². The first-order chi connectivity index (χ1) is 14.2. The molecule has 2 atom stereocenters. The fourth-order valence-corrected chi connectivity index (χ4v) is 4.88. The number of aromatic nitrogens is 1. The molecule has 2 heterocycles. The monoisotopic (exact) mass is 430 g/mol. The van der Waals surface area contributed by atoms with Gasteiger partial charge in [-0.3, -0.25) is 0 Å². The lowest BCUT2D eigenvalue weighted by molar-refractivity contribution is -0.00657. The van der Waals surface area contributed by atoms with Crippen molar-refractivity contribution in [2.24, 2.45) is 0 Å². The number of aryl methyl sites for hydroxylation is 1. The van der Waals surface area contributed by atoms with Gasteiger partial charge in [-0.05, 0) is 57.2 Å². The highest BCUT2D eigenvalue weighted by atomic mass is 32.2. The second kappa shape index (κ2) is 7.85. The van der Waals surface area contributed by atoms with Gasteiger partial charge in [0.05, 0.1) is 17.1 Å². The molecule has 0 N–H and O–H groups in total. The topological polar surface area (TPSA) is 72.6 Å². The maximum absolute atomic E-state index is 13.4. The fourth-order valence-electron chi connectivity index (χ4n) is 3.56. The first-order valence-electron chi connectivity index (χ1n) is 9.73. The Balaban J connectivity index is 1.85. The van der Waals surface area contributed by atoms with Crippen molar-refractivity contribution < 1.29 is 22.0 Å². The lowest BCUT2D eigenvalue weighted by atomic mass is 10.2. The van der Waals surface area contributed by atoms with Gasteiger partial charge in [0.1, 0.15) is 5.82 Å². The highest BCUT2D eigenvalue weighted by Crippen LogP contribution is 2.36. The van der Waals surface area contributed by atoms with E-state index in [2.05, 4.69) is 4.98 Å². The molecule has 1 fully saturated rings. The highest BCUT2D eigenvalue weighted by Gasteiger charge is 2.34. The smallest absolute Gasteiger partial charge is 0.236 e. The molecule has 3 aromatic rings. The summed E-state index contributed by atoms with van der Waals surface area (Å²) in [6.45, 7) is 6.68. The van der Waals surface area contributed by atoms with Crippen molar-refractivity contribution in [2.75, 3.05) is 18.0 Å². The number of nitrogens with zero attached hydrogens (tertiary/aromatic N) is 2. The van der Waals surface area contributed by atoms with E-state index in [-0.39, 0.29) is 33.9 Å². The van der Waals surface area contributed by atoms with Crippen LogP contribution in [0.2, 0.25) is 0 Å². The van der Waals surface area contributed by atoms with Crippen molar-refractivity contribution in [3.8, 4) is 11.5 Å². The molecule has 158 valence electrons. The second-order valence-electron chi connectivity index (χ2n) is 7.62. The summed E-state index contributed by atoms with van der Waals surface area (Å²) in [4.78, 5) is 6.33. The van der Waals surface area contributed by atoms with Gasteiger partial charge in [0.25, 0.3) is 0 Å². The zero-order valence-electron chi connectivity index (χ0n) is 17.0. The summed E-state index contributed by atoms with van der Waals surface area (Å²) < 4.78 is 51.9. The third kappa shape index (κ3) is 3.97. The Labute approximate surface area is 175 Å². The summed E-state index contributed by atoms with van der Waals surface area (Å²) in [5.74, 6) is -0.0896. The SMILES string of the molecule is Cc1ccc(S(=O)(=O)c2nc(-c3ccc(F)cc3)oc2N2C[C@@H](C)O[C@@H](C)C2)cc1. The fraction of sp³-hybridized carbons (Fsp3) is 0.318. The van der Waals surface area contributed by atoms with Crippen molar-refractivity contribution in [3.63, 3.8) is 0 Å². The molecule has 0 aliphatic carbocycles. The zero-order valence-corrected chi connectivity index (χ0v) is 17.8. The van der Waals surface area contributed by atoms with Crippen LogP contribution in [0.15, 0.2) is 62.9 Å². The Kier molecular flexibility index (Phi) is 5.38. The van der Waals surface area contributed by atoms with Crippen molar-refractivity contribution in [2.45, 2.75) is 42.9 Å². The summed E-state index contributed by atoms with van der Waals surface area (Å²) in [7, 11) is -3.93. The largest absolute Gasteiger partial charge is 0.419 e. The van der Waals surface area contributed by atoms with Crippen LogP contribution in [0.5, 0.6) is 0 Å². The number of benzene rings is 2. The number of ether oxygens (including phenoxy) is 1. The van der Waals surface area contributed by atoms with E-state index in [0.717, 1.165) is 5.56 Å². The van der Waals surface area contributed by atoms with E-state index < -0.39 is 15.7 Å². The molecule has 2 aromatic carbocycles. The molecular weight excluding hydrogens is 407 g/mol. The van der Waals surface area contributed by atoms with Gasteiger partial charge in [0.15, 0.2) is 0 Å². The van der Waals surface area contributed by atoms with Crippen LogP contribution in [0.1, 0.15) is 19.4 Å². The van der Waals surface area contributed by atoms with Gasteiger partial charge in [-0.15, -0.1) is 0 Å². The van der Waals surface area contributed by atoms with E-state index >= 15 is 0 Å². The molecule has 1 aliphatic rings. The minimum atomic E-state index is -3.93. The van der Waals surface area contributed by atoms with E-state index in [1.807, 2.05) is 25.7 Å². The minimum Gasteiger partial charge on any atom is -0.419 e. The summed E-state index contributed by atoms with van der Waals surface area (Å²) in [6.07, 6.45) is -0.189. The van der Waals surface area contributed by atoms with Gasteiger partial charge in [0, 0.05) is 18.7 Å². The molecule has 1 aromatic heterocycles. The molecule has 0 unspecified atom stereocenters. The number of halogens is 1. The van der Waals surface area contributed by atoms with Crippen LogP contribution in [0.4, 0.5) is 10.3 Å². The number of hydrogen-bond acceptors (Lipinski definition) is 6. The molecule has 30 heavy (non-hydrogen) atoms. The Hall–Kier alpha value is -2.71. The van der Waals surface area contributed by atoms with Gasteiger partial charge in [0.2, 0.25) is 26.6 Å². The van der Waals surface area contributed by atoms with Crippen LogP contribution in [-0.4, -0.2) is 38.7 Å². The average Bonchev–Trinajstić information content (AvgIpc) is 3.14. The van der Waals surface area contributed by atoms with Gasteiger partial charge >= 0.3 is 0 Å². The molecule has 1 aliphatic heterocycles. The lowest BCUT2D eigenvalue weighted by Crippen LogP contribution is -2.45. The van der Waals surface area contributed by atoms with Crippen LogP contribution >= 0.6 is 0 Å². The van der Waals surface area contributed by atoms with Gasteiger partial charge in [-0.1, -0.05) is 17.7 Å². The average molecular weight is 431 g/mol. The predicted molar refractivity (Wildman–Crippen MR) is 111 cm³/mol. The number of sulfone groups is 1. The van der Waals surface area contributed by atoms with Gasteiger partial charge < -0.3 is 14.1 Å². The van der Waals surface area contributed by atoms with Gasteiger partial charge in [-0.25, -0.2) is 12.8 Å². The lowest BCUT2D eigenvalue weighted by Gasteiger charge is -2.35. The molecule has 6 nitrogen and oxygen atoms in total. The van der Waals surface area contributed by atoms with Crippen molar-refractivity contribution in [3.05, 3.63) is 59.9 Å². The zero-order chi connectivity index (χ0) is 21.5. The molecule has 0 saturated carbocycles. The van der Waals surface area contributed by atoms with Crippen molar-refractivity contribution >= 4 is 15.7 Å². The first-order valence-corrected chi connectivity index (χ1v) is 11.2. The molecule has 0 radical (unpaired) electrons. The Morgan fingerprint density at radius 2 is 1.60 bits per heavy atom. The molecule has 4 rings (SSSR count). The Morgan fingerprint density at radius 3 is 2.20 bits per heavy atom. The van der Waals surface area contributed by atoms with Crippen LogP contribution in [0.25, 0.3) is 11.5 Å². The van der Waals surface area contributed by atoms with Crippen LogP contribution in [0, 0.1) is 12.7 Å². The number of anilines is 1. The van der Waals surface area contributed by atoms with E-state index in [0.29, 0.717) is 18.7 Å². The van der Waals surface area contributed by atoms with Crippen LogP contribution in [-0.2, 0) is 14.6 Å². The maximum atomic E-state index is 13.4. The Morgan fingerprint density at radius 1 is 1.00 bits per heavy atom. The normalized spacial score (nSPS) is 19.8. The molecular formula is C22H23FN2O4S. The molecule has 0 bridgehead atoms. The molecule has 1 saturated heterocycles. The summed E-state index contributed by atoms with van der Waals surface area (Å²) in [5, 5.41) is -0.146. The Bertz CT molecular complexity index is 1130. The molecule has 0 amide bonds. The third-order valence-corrected chi connectivity index (χ3v) is 6.63. The number of morpholine rings is 1. The summed E-state index contributed by atoms with van der Waals surface area (Å²) in [5.41, 5.74) is 1.45. The predicted octanol–water partition coefficient (Wildman–Crippen LogP) is 4.24. The number of hydrogen-bond donors (Lipinski definition) is 0. The van der Waals surface area contributed by atoms with E-state index in [4.69, 9.17) is 9.15 Å². The van der Waals surface area contributed by atoms with Crippen molar-refractivity contribution in [1.29, 1.82) is 0 Å². The maximum Gasteiger partial charge on any atom is 0.236 e. The molecule has 0 spiro atoms. The van der Waals surface area contributed by atoms with Crippen LogP contribution in [0.3, 0.4) is 0 Å². The number of oxazole rings is 1. The quantitative estimate of drug-likeness (QED) is 0.617. The second-order valence-corrected chi connectivity index (χ2v) is 9.48. The summed E-state index contributed by atoms with van der Waals surface area (Å²) >= 11 is 0. The standard InChI is InChI=1S/C22H23FN2O4S/c1-14-4-10-19(11-5-14)30(26,27)21-22(25-12-15(2)28-16(3)13-25)29-20(24-21)17-6-8-18(23)9-7-17/h4-11,15-16H,12-13H2,1-3H3/t15-,16+. The highest BCUT2D eigenvalue weighted by molar-refractivity contribution is 7.91. The summed E-state index contributed by atoms with van der Waals surface area (Å²) in [6, 6.07) is 12.2. The van der Waals surface area contributed by atoms with Gasteiger partial charge in [-0.2, -0.15) is 4.98 Å².